The molecule has 0 aromatic heterocycles. The van der Waals surface area contributed by atoms with Crippen molar-refractivity contribution in [1.29, 1.82) is 0 Å². The van der Waals surface area contributed by atoms with Gasteiger partial charge < -0.3 is 10.1 Å². The molecule has 6 nitrogen and oxygen atoms in total. The number of carbonyl (C=O) groups is 1. The second-order valence-corrected chi connectivity index (χ2v) is 11.0. The zero-order valence-electron chi connectivity index (χ0n) is 21.8. The molecule has 0 unspecified atom stereocenters. The molecule has 0 atom stereocenters. The number of carbonyl (C=O) groups excluding carboxylic acids is 1. The number of hydrogen-bond acceptors (Lipinski definition) is 5. The molecule has 1 rings (SSSR count). The smallest absolute Gasteiger partial charge is 0.332 e. The molecule has 1 aromatic carbocycles. The number of rotatable bonds is 20. The number of esters is 1. The van der Waals surface area contributed by atoms with Crippen molar-refractivity contribution in [2.75, 3.05) is 18.5 Å². The van der Waals surface area contributed by atoms with Crippen molar-refractivity contribution in [2.45, 2.75) is 109 Å². The van der Waals surface area contributed by atoms with Crippen molar-refractivity contribution < 1.29 is 17.9 Å². The zero-order valence-corrected chi connectivity index (χ0v) is 23.4. The molecule has 0 aliphatic heterocycles. The van der Waals surface area contributed by atoms with Crippen molar-refractivity contribution in [3.05, 3.63) is 35.0 Å². The Labute approximate surface area is 218 Å². The molecule has 0 aliphatic carbocycles. The van der Waals surface area contributed by atoms with Crippen molar-refractivity contribution in [1.82, 2.24) is 4.72 Å². The lowest BCUT2D eigenvalue weighted by atomic mass is 10.1. The summed E-state index contributed by atoms with van der Waals surface area (Å²) >= 11 is 6.26. The van der Waals surface area contributed by atoms with Gasteiger partial charge in [-0.25, -0.2) is 17.9 Å². The molecule has 0 aliphatic rings. The summed E-state index contributed by atoms with van der Waals surface area (Å²) < 4.78 is 33.1. The van der Waals surface area contributed by atoms with Gasteiger partial charge in [0.15, 0.2) is 0 Å². The van der Waals surface area contributed by atoms with Crippen LogP contribution in [0.4, 0.5) is 5.69 Å². The Balaban J connectivity index is 2.42. The van der Waals surface area contributed by atoms with Gasteiger partial charge in [0.05, 0.1) is 22.2 Å². The predicted octanol–water partition coefficient (Wildman–Crippen LogP) is 7.59. The van der Waals surface area contributed by atoms with Gasteiger partial charge in [0.2, 0.25) is 10.0 Å². The molecule has 35 heavy (non-hydrogen) atoms. The van der Waals surface area contributed by atoms with E-state index in [2.05, 4.69) is 17.0 Å². The van der Waals surface area contributed by atoms with Crippen LogP contribution in [0.1, 0.15) is 104 Å². The lowest BCUT2D eigenvalue weighted by Crippen LogP contribution is -2.24. The molecule has 2 N–H and O–H groups in total. The third-order valence-corrected chi connectivity index (χ3v) is 7.61. The number of halogens is 1. The number of sulfonamides is 1. The Morgan fingerprint density at radius 1 is 0.914 bits per heavy atom. The van der Waals surface area contributed by atoms with Gasteiger partial charge in [0, 0.05) is 18.3 Å². The highest BCUT2D eigenvalue weighted by Crippen LogP contribution is 2.27. The Bertz CT molecular complexity index is 872. The number of anilines is 1. The van der Waals surface area contributed by atoms with Crippen LogP contribution >= 0.6 is 11.6 Å². The van der Waals surface area contributed by atoms with Gasteiger partial charge in [-0.1, -0.05) is 96.1 Å². The van der Waals surface area contributed by atoms with E-state index in [9.17, 15) is 13.2 Å². The average Bonchev–Trinajstić information content (AvgIpc) is 2.82. The first-order valence-electron chi connectivity index (χ1n) is 13.3. The minimum absolute atomic E-state index is 0.134. The van der Waals surface area contributed by atoms with E-state index in [0.717, 1.165) is 19.3 Å². The fourth-order valence-electron chi connectivity index (χ4n) is 3.75. The van der Waals surface area contributed by atoms with E-state index >= 15 is 0 Å². The average molecular weight is 529 g/mol. The molecule has 0 fully saturated rings. The molecular weight excluding hydrogens is 484 g/mol. The summed E-state index contributed by atoms with van der Waals surface area (Å²) in [6.07, 6.45) is 16.7. The van der Waals surface area contributed by atoms with Gasteiger partial charge in [-0.15, -0.1) is 0 Å². The first-order valence-corrected chi connectivity index (χ1v) is 15.1. The van der Waals surface area contributed by atoms with Crippen LogP contribution in [0.25, 0.3) is 0 Å². The van der Waals surface area contributed by atoms with Crippen molar-refractivity contribution in [2.24, 2.45) is 0 Å². The van der Waals surface area contributed by atoms with Crippen LogP contribution in [0, 0.1) is 0 Å². The summed E-state index contributed by atoms with van der Waals surface area (Å²) in [4.78, 5) is 11.9. The normalized spacial score (nSPS) is 12.1. The van der Waals surface area contributed by atoms with Gasteiger partial charge in [-0.05, 0) is 38.0 Å². The van der Waals surface area contributed by atoms with Crippen LogP contribution in [0.5, 0.6) is 0 Å². The number of benzene rings is 1. The monoisotopic (exact) mass is 528 g/mol. The van der Waals surface area contributed by atoms with E-state index in [1.807, 2.05) is 6.92 Å². The van der Waals surface area contributed by atoms with E-state index in [1.54, 1.807) is 13.0 Å². The number of hydrogen-bond donors (Lipinski definition) is 2. The molecule has 0 saturated carbocycles. The van der Waals surface area contributed by atoms with Gasteiger partial charge in [0.1, 0.15) is 0 Å². The number of allylic oxidation sites excluding steroid dienone is 1. The van der Waals surface area contributed by atoms with Crippen LogP contribution in [0.3, 0.4) is 0 Å². The highest BCUT2D eigenvalue weighted by Gasteiger charge is 2.16. The predicted molar refractivity (Wildman–Crippen MR) is 146 cm³/mol. The first kappa shape index (κ1) is 31.5. The van der Waals surface area contributed by atoms with Gasteiger partial charge >= 0.3 is 5.97 Å². The van der Waals surface area contributed by atoms with E-state index in [1.165, 1.54) is 76.0 Å². The van der Waals surface area contributed by atoms with Gasteiger partial charge in [-0.3, -0.25) is 0 Å². The van der Waals surface area contributed by atoms with E-state index < -0.39 is 16.0 Å². The Morgan fingerprint density at radius 2 is 1.49 bits per heavy atom. The summed E-state index contributed by atoms with van der Waals surface area (Å²) in [7, 11) is -3.65. The van der Waals surface area contributed by atoms with Gasteiger partial charge in [0.25, 0.3) is 0 Å². The minimum Gasteiger partial charge on any atom is -0.463 e. The fourth-order valence-corrected chi connectivity index (χ4v) is 5.01. The maximum atomic E-state index is 12.7. The van der Waals surface area contributed by atoms with Crippen molar-refractivity contribution in [3.8, 4) is 0 Å². The maximum absolute atomic E-state index is 12.7. The third kappa shape index (κ3) is 13.9. The maximum Gasteiger partial charge on any atom is 0.332 e. The summed E-state index contributed by atoms with van der Waals surface area (Å²) in [5, 5.41) is 3.42. The molecule has 0 saturated heterocycles. The summed E-state index contributed by atoms with van der Waals surface area (Å²) in [5.41, 5.74) is 1.02. The Hall–Kier alpha value is -1.57. The largest absolute Gasteiger partial charge is 0.463 e. The second-order valence-electron chi connectivity index (χ2n) is 8.83. The molecule has 8 heteroatoms. The SMILES string of the molecule is CCCCCCCCCCCCCCNS(=O)(=O)c1ccc(Cl)c(NC(=CC(=O)OCC)CC)c1. The second kappa shape index (κ2) is 18.7. The highest BCUT2D eigenvalue weighted by atomic mass is 35.5. The van der Waals surface area contributed by atoms with Crippen LogP contribution < -0.4 is 10.0 Å². The van der Waals surface area contributed by atoms with Crippen LogP contribution in [-0.4, -0.2) is 27.5 Å². The Kier molecular flexibility index (Phi) is 16.8. The lowest BCUT2D eigenvalue weighted by Gasteiger charge is -2.13. The van der Waals surface area contributed by atoms with E-state index in [4.69, 9.17) is 16.3 Å². The number of unbranched alkanes of at least 4 members (excludes halogenated alkanes) is 11. The molecule has 1 aromatic rings. The highest BCUT2D eigenvalue weighted by molar-refractivity contribution is 7.89. The van der Waals surface area contributed by atoms with Crippen LogP contribution in [0.15, 0.2) is 34.9 Å². The van der Waals surface area contributed by atoms with E-state index in [-0.39, 0.29) is 11.5 Å². The topological polar surface area (TPSA) is 84.5 Å². The number of ether oxygens (including phenoxy) is 1. The van der Waals surface area contributed by atoms with Gasteiger partial charge in [-0.2, -0.15) is 0 Å². The quantitative estimate of drug-likeness (QED) is 0.103. The molecule has 0 radical (unpaired) electrons. The minimum atomic E-state index is -3.65. The van der Waals surface area contributed by atoms with Crippen molar-refractivity contribution in [3.63, 3.8) is 0 Å². The Morgan fingerprint density at radius 3 is 2.03 bits per heavy atom. The first-order chi connectivity index (χ1) is 16.8. The molecule has 0 amide bonds. The van der Waals surface area contributed by atoms with E-state index in [0.29, 0.717) is 29.4 Å². The molecular formula is C27H45ClN2O4S. The summed E-state index contributed by atoms with van der Waals surface area (Å²) in [5.74, 6) is -0.458. The standard InChI is InChI=1S/C27H45ClN2O4S/c1-4-7-8-9-10-11-12-13-14-15-16-17-20-29-35(32,33)24-18-19-25(28)26(22-24)30-23(5-2)21-27(31)34-6-3/h18-19,21-22,29-30H,4-17,20H2,1-3H3. The van der Waals surface area contributed by atoms with Crippen LogP contribution in [0.2, 0.25) is 5.02 Å². The van der Waals surface area contributed by atoms with Crippen molar-refractivity contribution >= 4 is 33.3 Å². The zero-order chi connectivity index (χ0) is 25.9. The van der Waals surface area contributed by atoms with Crippen LogP contribution in [-0.2, 0) is 19.6 Å². The molecule has 0 spiro atoms. The molecule has 200 valence electrons. The number of nitrogens with one attached hydrogen (secondary N) is 2. The lowest BCUT2D eigenvalue weighted by molar-refractivity contribution is -0.137. The third-order valence-electron chi connectivity index (χ3n) is 5.83. The molecule has 0 heterocycles. The fraction of sp³-hybridized carbons (Fsp3) is 0.667. The summed E-state index contributed by atoms with van der Waals surface area (Å²) in [6, 6.07) is 4.51. The summed E-state index contributed by atoms with van der Waals surface area (Å²) in [6.45, 7) is 6.55. The molecule has 0 bridgehead atoms.